The van der Waals surface area contributed by atoms with Crippen LogP contribution in [0.5, 0.6) is 5.75 Å². The van der Waals surface area contributed by atoms with E-state index in [1.54, 1.807) is 0 Å². The molecular weight excluding hydrogens is 292 g/mol. The molecule has 0 atom stereocenters. The van der Waals surface area contributed by atoms with E-state index in [2.05, 4.69) is 26.2 Å². The molecule has 3 N–H and O–H groups in total. The van der Waals surface area contributed by atoms with E-state index in [0.717, 1.165) is 0 Å². The van der Waals surface area contributed by atoms with Crippen LogP contribution in [0.15, 0.2) is 21.6 Å². The minimum absolute atomic E-state index is 0.0859. The molecule has 1 rings (SSSR count). The molecule has 0 saturated carbocycles. The third kappa shape index (κ3) is 3.06. The third-order valence-electron chi connectivity index (χ3n) is 1.97. The molecule has 0 aromatic heterocycles. The average Bonchev–Trinajstić information content (AvgIpc) is 2.30. The van der Waals surface area contributed by atoms with Crippen molar-refractivity contribution in [3.63, 3.8) is 0 Å². The molecule has 7 nitrogen and oxygen atoms in total. The highest BCUT2D eigenvalue weighted by atomic mass is 79.9. The number of benzene rings is 1. The quantitative estimate of drug-likeness (QED) is 0.383. The van der Waals surface area contributed by atoms with E-state index in [1.165, 1.54) is 26.3 Å². The van der Waals surface area contributed by atoms with Gasteiger partial charge in [0, 0.05) is 19.2 Å². The number of guanidine groups is 1. The largest absolute Gasteiger partial charge is 0.495 e. The standard InChI is InChI=1S/C9H11BrN4O3/c1-12-9(11)13-6-4-7(14(15)16)5(10)3-8(6)17-2/h3-4H,1-2H3,(H3,11,12,13). The molecule has 0 radical (unpaired) electrons. The van der Waals surface area contributed by atoms with E-state index < -0.39 is 4.92 Å². The Balaban J connectivity index is 3.26. The average molecular weight is 303 g/mol. The number of halogens is 1. The maximum atomic E-state index is 10.8. The lowest BCUT2D eigenvalue weighted by Crippen LogP contribution is -2.22. The third-order valence-corrected chi connectivity index (χ3v) is 2.60. The van der Waals surface area contributed by atoms with Gasteiger partial charge in [0.05, 0.1) is 22.2 Å². The van der Waals surface area contributed by atoms with Crippen LogP contribution in [0.2, 0.25) is 0 Å². The molecule has 0 amide bonds. The number of nitrogens with zero attached hydrogens (tertiary/aromatic N) is 2. The summed E-state index contributed by atoms with van der Waals surface area (Å²) in [5.74, 6) is 0.564. The predicted molar refractivity (Wildman–Crippen MR) is 68.5 cm³/mol. The smallest absolute Gasteiger partial charge is 0.285 e. The normalized spacial score (nSPS) is 11.1. The van der Waals surface area contributed by atoms with Gasteiger partial charge in [-0.2, -0.15) is 0 Å². The Morgan fingerprint density at radius 3 is 2.76 bits per heavy atom. The molecule has 0 spiro atoms. The van der Waals surface area contributed by atoms with Crippen molar-refractivity contribution in [2.45, 2.75) is 0 Å². The Bertz CT molecular complexity index is 476. The summed E-state index contributed by atoms with van der Waals surface area (Å²) < 4.78 is 5.41. The highest BCUT2D eigenvalue weighted by molar-refractivity contribution is 9.10. The number of rotatable bonds is 3. The van der Waals surface area contributed by atoms with Gasteiger partial charge in [-0.1, -0.05) is 0 Å². The van der Waals surface area contributed by atoms with E-state index in [1.807, 2.05) is 0 Å². The number of methoxy groups -OCH3 is 1. The van der Waals surface area contributed by atoms with Crippen molar-refractivity contribution in [2.24, 2.45) is 10.7 Å². The van der Waals surface area contributed by atoms with Crippen molar-refractivity contribution in [2.75, 3.05) is 19.5 Å². The highest BCUT2D eigenvalue weighted by Crippen LogP contribution is 2.35. The molecular formula is C9H11BrN4O3. The molecule has 0 fully saturated rings. The summed E-state index contributed by atoms with van der Waals surface area (Å²) in [6, 6.07) is 2.81. The molecule has 0 heterocycles. The SMILES string of the molecule is CN=C(N)Nc1cc([N+](=O)[O-])c(Br)cc1OC. The molecule has 0 bridgehead atoms. The monoisotopic (exact) mass is 302 g/mol. The number of aliphatic imine (C=N–C) groups is 1. The van der Waals surface area contributed by atoms with Gasteiger partial charge < -0.3 is 15.8 Å². The Hall–Kier alpha value is -1.83. The van der Waals surface area contributed by atoms with Crippen molar-refractivity contribution in [3.05, 3.63) is 26.7 Å². The lowest BCUT2D eigenvalue weighted by molar-refractivity contribution is -0.385. The molecule has 17 heavy (non-hydrogen) atoms. The van der Waals surface area contributed by atoms with E-state index in [-0.39, 0.29) is 11.6 Å². The number of nitrogens with two attached hydrogens (primary N) is 1. The number of nitrogens with one attached hydrogen (secondary N) is 1. The molecule has 0 unspecified atom stereocenters. The van der Waals surface area contributed by atoms with E-state index in [0.29, 0.717) is 15.9 Å². The van der Waals surface area contributed by atoms with E-state index in [4.69, 9.17) is 10.5 Å². The summed E-state index contributed by atoms with van der Waals surface area (Å²) in [7, 11) is 2.96. The summed E-state index contributed by atoms with van der Waals surface area (Å²) in [6.07, 6.45) is 0. The number of ether oxygens (including phenoxy) is 1. The minimum Gasteiger partial charge on any atom is -0.495 e. The fourth-order valence-electron chi connectivity index (χ4n) is 1.14. The second-order valence-electron chi connectivity index (χ2n) is 2.99. The summed E-state index contributed by atoms with van der Waals surface area (Å²) in [5.41, 5.74) is 5.79. The lowest BCUT2D eigenvalue weighted by atomic mass is 10.2. The maximum absolute atomic E-state index is 10.8. The van der Waals surface area contributed by atoms with Crippen LogP contribution in [-0.4, -0.2) is 25.0 Å². The Morgan fingerprint density at radius 2 is 2.29 bits per heavy atom. The van der Waals surface area contributed by atoms with Gasteiger partial charge in [0.25, 0.3) is 5.69 Å². The Labute approximate surface area is 106 Å². The van der Waals surface area contributed by atoms with Gasteiger partial charge in [0.15, 0.2) is 5.96 Å². The number of nitro benzene ring substituents is 1. The molecule has 0 aliphatic rings. The fraction of sp³-hybridized carbons (Fsp3) is 0.222. The molecule has 1 aromatic rings. The zero-order valence-electron chi connectivity index (χ0n) is 9.23. The fourth-order valence-corrected chi connectivity index (χ4v) is 1.61. The van der Waals surface area contributed by atoms with Crippen LogP contribution in [-0.2, 0) is 0 Å². The zero-order valence-corrected chi connectivity index (χ0v) is 10.8. The van der Waals surface area contributed by atoms with E-state index >= 15 is 0 Å². The summed E-state index contributed by atoms with van der Waals surface area (Å²) in [5, 5.41) is 13.5. The summed E-state index contributed by atoms with van der Waals surface area (Å²) in [6.45, 7) is 0. The highest BCUT2D eigenvalue weighted by Gasteiger charge is 2.17. The van der Waals surface area contributed by atoms with Crippen LogP contribution >= 0.6 is 15.9 Å². The molecule has 0 saturated heterocycles. The van der Waals surface area contributed by atoms with Crippen LogP contribution in [0.4, 0.5) is 11.4 Å². The first kappa shape index (κ1) is 13.2. The minimum atomic E-state index is -0.506. The molecule has 0 aliphatic heterocycles. The van der Waals surface area contributed by atoms with Gasteiger partial charge in [0.1, 0.15) is 5.75 Å². The first-order valence-corrected chi connectivity index (χ1v) is 5.30. The topological polar surface area (TPSA) is 103 Å². The number of hydrogen-bond donors (Lipinski definition) is 2. The Kier molecular flexibility index (Phi) is 4.27. The molecule has 92 valence electrons. The molecule has 0 aliphatic carbocycles. The van der Waals surface area contributed by atoms with Gasteiger partial charge in [-0.3, -0.25) is 15.1 Å². The first-order valence-electron chi connectivity index (χ1n) is 4.50. The van der Waals surface area contributed by atoms with E-state index in [9.17, 15) is 10.1 Å². The van der Waals surface area contributed by atoms with Crippen molar-refractivity contribution in [3.8, 4) is 5.75 Å². The number of anilines is 1. The van der Waals surface area contributed by atoms with Gasteiger partial charge in [-0.15, -0.1) is 0 Å². The Morgan fingerprint density at radius 1 is 1.65 bits per heavy atom. The predicted octanol–water partition coefficient (Wildman–Crippen LogP) is 1.72. The second-order valence-corrected chi connectivity index (χ2v) is 3.85. The number of hydrogen-bond acceptors (Lipinski definition) is 4. The number of nitro groups is 1. The van der Waals surface area contributed by atoms with Gasteiger partial charge in [-0.05, 0) is 15.9 Å². The van der Waals surface area contributed by atoms with Crippen LogP contribution in [0.1, 0.15) is 0 Å². The zero-order chi connectivity index (χ0) is 13.0. The molecule has 8 heteroatoms. The van der Waals surface area contributed by atoms with Crippen molar-refractivity contribution < 1.29 is 9.66 Å². The van der Waals surface area contributed by atoms with Gasteiger partial charge in [-0.25, -0.2) is 0 Å². The van der Waals surface area contributed by atoms with Gasteiger partial charge >= 0.3 is 0 Å². The summed E-state index contributed by atoms with van der Waals surface area (Å²) >= 11 is 3.10. The van der Waals surface area contributed by atoms with Crippen LogP contribution in [0.3, 0.4) is 0 Å². The van der Waals surface area contributed by atoms with Crippen LogP contribution in [0.25, 0.3) is 0 Å². The maximum Gasteiger partial charge on any atom is 0.285 e. The second kappa shape index (κ2) is 5.48. The van der Waals surface area contributed by atoms with Crippen molar-refractivity contribution in [1.82, 2.24) is 0 Å². The first-order chi connectivity index (χ1) is 7.99. The van der Waals surface area contributed by atoms with Crippen LogP contribution < -0.4 is 15.8 Å². The lowest BCUT2D eigenvalue weighted by Gasteiger charge is -2.10. The molecule has 1 aromatic carbocycles. The van der Waals surface area contributed by atoms with Crippen molar-refractivity contribution >= 4 is 33.3 Å². The van der Waals surface area contributed by atoms with Crippen LogP contribution in [0, 0.1) is 10.1 Å². The summed E-state index contributed by atoms with van der Waals surface area (Å²) in [4.78, 5) is 14.0. The van der Waals surface area contributed by atoms with Gasteiger partial charge in [0.2, 0.25) is 0 Å². The van der Waals surface area contributed by atoms with Crippen molar-refractivity contribution in [1.29, 1.82) is 0 Å².